The molecule has 9 heteroatoms. The Morgan fingerprint density at radius 3 is 2.48 bits per heavy atom. The van der Waals surface area contributed by atoms with Crippen LogP contribution in [0.25, 0.3) is 0 Å². The van der Waals surface area contributed by atoms with E-state index in [9.17, 15) is 19.5 Å². The molecule has 174 valence electrons. The molecule has 0 bridgehead atoms. The Hall–Kier alpha value is -2.26. The SMILES string of the molecule is Nc1ccn([C@H]2C[C@H](O)[C@@H](COC(=O)CCCCCCCCCCCC=O)O2)c(=O)n1. The Morgan fingerprint density at radius 1 is 1.19 bits per heavy atom. The average molecular weight is 438 g/mol. The maximum atomic E-state index is 11.9. The van der Waals surface area contributed by atoms with Crippen molar-refractivity contribution in [3.63, 3.8) is 0 Å². The summed E-state index contributed by atoms with van der Waals surface area (Å²) in [6, 6.07) is 1.49. The fourth-order valence-corrected chi connectivity index (χ4v) is 3.66. The van der Waals surface area contributed by atoms with Crippen molar-refractivity contribution in [2.24, 2.45) is 0 Å². The topological polar surface area (TPSA) is 134 Å². The molecule has 1 aliphatic rings. The minimum absolute atomic E-state index is 0.0439. The molecule has 1 saturated heterocycles. The third-order valence-corrected chi connectivity index (χ3v) is 5.48. The van der Waals surface area contributed by atoms with Crippen LogP contribution >= 0.6 is 0 Å². The van der Waals surface area contributed by atoms with Gasteiger partial charge in [-0.25, -0.2) is 4.79 Å². The molecule has 31 heavy (non-hydrogen) atoms. The van der Waals surface area contributed by atoms with Gasteiger partial charge in [0.1, 0.15) is 31.0 Å². The van der Waals surface area contributed by atoms with Gasteiger partial charge in [-0.2, -0.15) is 4.98 Å². The molecular formula is C22H35N3O6. The fourth-order valence-electron chi connectivity index (χ4n) is 3.66. The van der Waals surface area contributed by atoms with Crippen molar-refractivity contribution in [3.8, 4) is 0 Å². The van der Waals surface area contributed by atoms with Crippen molar-refractivity contribution in [2.45, 2.75) is 95.5 Å². The van der Waals surface area contributed by atoms with Crippen LogP contribution in [0.3, 0.4) is 0 Å². The third kappa shape index (κ3) is 9.18. The van der Waals surface area contributed by atoms with Crippen molar-refractivity contribution in [1.82, 2.24) is 9.55 Å². The summed E-state index contributed by atoms with van der Waals surface area (Å²) in [6.45, 7) is -0.0439. The van der Waals surface area contributed by atoms with Crippen LogP contribution in [0.4, 0.5) is 5.82 Å². The van der Waals surface area contributed by atoms with Gasteiger partial charge in [-0.05, 0) is 18.9 Å². The number of carbonyl (C=O) groups is 2. The number of hydrogen-bond acceptors (Lipinski definition) is 8. The molecule has 1 aromatic rings. The Kier molecular flexibility index (Phi) is 11.2. The smallest absolute Gasteiger partial charge is 0.351 e. The molecule has 0 saturated carbocycles. The van der Waals surface area contributed by atoms with Crippen LogP contribution in [0.1, 0.15) is 83.3 Å². The number of aliphatic hydroxyl groups is 1. The van der Waals surface area contributed by atoms with Gasteiger partial charge in [0.05, 0.1) is 6.10 Å². The molecule has 9 nitrogen and oxygen atoms in total. The van der Waals surface area contributed by atoms with Gasteiger partial charge in [-0.3, -0.25) is 9.36 Å². The fraction of sp³-hybridized carbons (Fsp3) is 0.727. The van der Waals surface area contributed by atoms with Crippen LogP contribution < -0.4 is 11.4 Å². The number of hydrogen-bond donors (Lipinski definition) is 2. The van der Waals surface area contributed by atoms with Gasteiger partial charge in [0.2, 0.25) is 0 Å². The predicted octanol–water partition coefficient (Wildman–Crippen LogP) is 2.51. The number of carbonyl (C=O) groups excluding carboxylic acids is 2. The van der Waals surface area contributed by atoms with Crippen LogP contribution in [-0.4, -0.2) is 45.7 Å². The first-order valence-electron chi connectivity index (χ1n) is 11.3. The largest absolute Gasteiger partial charge is 0.463 e. The summed E-state index contributed by atoms with van der Waals surface area (Å²) in [6.07, 6.45) is 11.2. The van der Waals surface area contributed by atoms with Crippen molar-refractivity contribution in [1.29, 1.82) is 0 Å². The summed E-state index contributed by atoms with van der Waals surface area (Å²) >= 11 is 0. The number of nitrogen functional groups attached to an aromatic ring is 1. The number of esters is 1. The van der Waals surface area contributed by atoms with E-state index < -0.39 is 24.1 Å². The highest BCUT2D eigenvalue weighted by molar-refractivity contribution is 5.69. The lowest BCUT2D eigenvalue weighted by Crippen LogP contribution is -2.29. The summed E-state index contributed by atoms with van der Waals surface area (Å²) < 4.78 is 12.2. The van der Waals surface area contributed by atoms with Gasteiger partial charge in [0, 0.05) is 25.5 Å². The number of aromatic nitrogens is 2. The highest BCUT2D eigenvalue weighted by Gasteiger charge is 2.36. The highest BCUT2D eigenvalue weighted by Crippen LogP contribution is 2.28. The number of ether oxygens (including phenoxy) is 2. The van der Waals surface area contributed by atoms with Gasteiger partial charge >= 0.3 is 11.7 Å². The zero-order valence-corrected chi connectivity index (χ0v) is 18.1. The quantitative estimate of drug-likeness (QED) is 0.243. The zero-order chi connectivity index (χ0) is 22.5. The van der Waals surface area contributed by atoms with Crippen LogP contribution in [0.2, 0.25) is 0 Å². The van der Waals surface area contributed by atoms with E-state index in [1.54, 1.807) is 0 Å². The van der Waals surface area contributed by atoms with E-state index in [0.717, 1.165) is 44.8 Å². The van der Waals surface area contributed by atoms with Crippen LogP contribution in [-0.2, 0) is 19.1 Å². The van der Waals surface area contributed by atoms with Crippen LogP contribution in [0, 0.1) is 0 Å². The predicted molar refractivity (Wildman–Crippen MR) is 115 cm³/mol. The number of aldehydes is 1. The molecule has 1 aromatic heterocycles. The molecule has 2 rings (SSSR count). The van der Waals surface area contributed by atoms with Gasteiger partial charge < -0.3 is 25.1 Å². The zero-order valence-electron chi connectivity index (χ0n) is 18.1. The van der Waals surface area contributed by atoms with E-state index >= 15 is 0 Å². The summed E-state index contributed by atoms with van der Waals surface area (Å²) in [7, 11) is 0. The molecule has 0 radical (unpaired) electrons. The van der Waals surface area contributed by atoms with E-state index in [1.807, 2.05) is 0 Å². The molecule has 1 aliphatic heterocycles. The minimum atomic E-state index is -0.833. The average Bonchev–Trinajstić information content (AvgIpc) is 3.10. The number of nitrogens with two attached hydrogens (primary N) is 1. The monoisotopic (exact) mass is 437 g/mol. The van der Waals surface area contributed by atoms with E-state index in [1.165, 1.54) is 36.1 Å². The lowest BCUT2D eigenvalue weighted by molar-refractivity contribution is -0.150. The molecule has 1 fully saturated rings. The summed E-state index contributed by atoms with van der Waals surface area (Å²) in [4.78, 5) is 37.7. The number of unbranched alkanes of at least 4 members (excludes halogenated alkanes) is 9. The standard InChI is InChI=1S/C22H35N3O6/c23-19-12-13-25(22(29)24-19)20-15-17(27)18(31-20)16-30-21(28)11-9-7-5-3-1-2-4-6-8-10-14-26/h12-14,17-18,20,27H,1-11,15-16H2,(H2,23,24,29)/t17-,18+,20+/m0/s1. The molecule has 0 aromatic carbocycles. The second-order valence-corrected chi connectivity index (χ2v) is 8.04. The Bertz CT molecular complexity index is 738. The van der Waals surface area contributed by atoms with Crippen molar-refractivity contribution < 1.29 is 24.2 Å². The van der Waals surface area contributed by atoms with Crippen LogP contribution in [0.5, 0.6) is 0 Å². The molecular weight excluding hydrogens is 402 g/mol. The van der Waals surface area contributed by atoms with Crippen LogP contribution in [0.15, 0.2) is 17.1 Å². The number of aliphatic hydroxyl groups excluding tert-OH is 1. The first kappa shape index (κ1) is 25.0. The van der Waals surface area contributed by atoms with E-state index in [4.69, 9.17) is 15.2 Å². The Labute approximate surface area is 182 Å². The molecule has 0 unspecified atom stereocenters. The molecule has 0 amide bonds. The second-order valence-electron chi connectivity index (χ2n) is 8.04. The summed E-state index contributed by atoms with van der Waals surface area (Å²) in [5.41, 5.74) is 4.93. The lowest BCUT2D eigenvalue weighted by Gasteiger charge is -2.16. The summed E-state index contributed by atoms with van der Waals surface area (Å²) in [5, 5.41) is 10.2. The Morgan fingerprint density at radius 2 is 1.84 bits per heavy atom. The second kappa shape index (κ2) is 13.9. The van der Waals surface area contributed by atoms with Gasteiger partial charge in [0.15, 0.2) is 0 Å². The molecule has 3 N–H and O–H groups in total. The Balaban J connectivity index is 1.53. The number of rotatable bonds is 15. The molecule has 3 atom stereocenters. The molecule has 0 spiro atoms. The van der Waals surface area contributed by atoms with E-state index in [2.05, 4.69) is 4.98 Å². The first-order chi connectivity index (χ1) is 15.0. The maximum absolute atomic E-state index is 11.9. The van der Waals surface area contributed by atoms with Gasteiger partial charge in [0.25, 0.3) is 0 Å². The van der Waals surface area contributed by atoms with Crippen molar-refractivity contribution >= 4 is 18.1 Å². The third-order valence-electron chi connectivity index (χ3n) is 5.48. The number of nitrogens with zero attached hydrogens (tertiary/aromatic N) is 2. The number of anilines is 1. The van der Waals surface area contributed by atoms with Crippen molar-refractivity contribution in [3.05, 3.63) is 22.7 Å². The van der Waals surface area contributed by atoms with Gasteiger partial charge in [-0.15, -0.1) is 0 Å². The molecule has 0 aliphatic carbocycles. The first-order valence-corrected chi connectivity index (χ1v) is 11.3. The minimum Gasteiger partial charge on any atom is -0.463 e. The normalized spacial score (nSPS) is 20.6. The van der Waals surface area contributed by atoms with E-state index in [0.29, 0.717) is 12.8 Å². The van der Waals surface area contributed by atoms with Crippen molar-refractivity contribution in [2.75, 3.05) is 12.3 Å². The lowest BCUT2D eigenvalue weighted by atomic mass is 10.1. The van der Waals surface area contributed by atoms with E-state index in [-0.39, 0.29) is 24.8 Å². The highest BCUT2D eigenvalue weighted by atomic mass is 16.6. The maximum Gasteiger partial charge on any atom is 0.351 e. The summed E-state index contributed by atoms with van der Waals surface area (Å²) in [5.74, 6) is -0.183. The molecule has 2 heterocycles. The van der Waals surface area contributed by atoms with Gasteiger partial charge in [-0.1, -0.05) is 44.9 Å².